The van der Waals surface area contributed by atoms with E-state index >= 15 is 0 Å². The maximum Gasteiger partial charge on any atom is 0.161 e. The van der Waals surface area contributed by atoms with E-state index in [1.54, 1.807) is 13.2 Å². The number of carbonyl (C=O) groups is 1. The molecule has 0 unspecified atom stereocenters. The van der Waals surface area contributed by atoms with Crippen LogP contribution < -0.4 is 9.47 Å². The standard InChI is InChI=1S/C20H20O3/c1-22-20-13-15(7-11-18(21)17-9-10-17)8-12-19(20)23-14-16-5-3-2-4-6-16/h2-8,11-13,17H,9-10,14H2,1H3/b11-7+. The van der Waals surface area contributed by atoms with E-state index in [0.717, 1.165) is 24.0 Å². The molecule has 1 saturated carbocycles. The fourth-order valence-corrected chi connectivity index (χ4v) is 2.32. The van der Waals surface area contributed by atoms with Gasteiger partial charge in [0.05, 0.1) is 7.11 Å². The topological polar surface area (TPSA) is 35.5 Å². The Morgan fingerprint density at radius 2 is 1.91 bits per heavy atom. The second kappa shape index (κ2) is 7.14. The van der Waals surface area contributed by atoms with E-state index in [-0.39, 0.29) is 11.7 Å². The molecule has 3 rings (SSSR count). The molecule has 1 aliphatic carbocycles. The first-order valence-corrected chi connectivity index (χ1v) is 7.83. The van der Waals surface area contributed by atoms with Crippen molar-refractivity contribution < 1.29 is 14.3 Å². The third-order valence-electron chi connectivity index (χ3n) is 3.84. The predicted octanol–water partition coefficient (Wildman–Crippen LogP) is 4.27. The minimum atomic E-state index is 0.216. The molecular weight excluding hydrogens is 288 g/mol. The second-order valence-corrected chi connectivity index (χ2v) is 5.69. The molecule has 0 radical (unpaired) electrons. The van der Waals surface area contributed by atoms with Crippen molar-refractivity contribution in [2.75, 3.05) is 7.11 Å². The highest BCUT2D eigenvalue weighted by Gasteiger charge is 2.27. The molecule has 0 heterocycles. The Morgan fingerprint density at radius 3 is 2.61 bits per heavy atom. The average molecular weight is 308 g/mol. The number of hydrogen-bond acceptors (Lipinski definition) is 3. The summed E-state index contributed by atoms with van der Waals surface area (Å²) in [5, 5.41) is 0. The first-order valence-electron chi connectivity index (χ1n) is 7.83. The summed E-state index contributed by atoms with van der Waals surface area (Å²) in [6.07, 6.45) is 5.55. The summed E-state index contributed by atoms with van der Waals surface area (Å²) in [6, 6.07) is 15.7. The van der Waals surface area contributed by atoms with Gasteiger partial charge in [0.25, 0.3) is 0 Å². The smallest absolute Gasteiger partial charge is 0.161 e. The Balaban J connectivity index is 1.67. The molecule has 2 aromatic carbocycles. The Kier molecular flexibility index (Phi) is 4.77. The molecular formula is C20H20O3. The molecule has 118 valence electrons. The summed E-state index contributed by atoms with van der Waals surface area (Å²) in [5.74, 6) is 1.83. The van der Waals surface area contributed by atoms with Gasteiger partial charge in [0.2, 0.25) is 0 Å². The van der Waals surface area contributed by atoms with E-state index < -0.39 is 0 Å². The number of ether oxygens (including phenoxy) is 2. The van der Waals surface area contributed by atoms with Crippen LogP contribution in [-0.4, -0.2) is 12.9 Å². The normalized spacial score (nSPS) is 14.0. The second-order valence-electron chi connectivity index (χ2n) is 5.69. The molecule has 0 N–H and O–H groups in total. The van der Waals surface area contributed by atoms with Crippen molar-refractivity contribution in [2.45, 2.75) is 19.4 Å². The van der Waals surface area contributed by atoms with E-state index in [2.05, 4.69) is 0 Å². The van der Waals surface area contributed by atoms with E-state index in [1.165, 1.54) is 0 Å². The van der Waals surface area contributed by atoms with Crippen LogP contribution in [0, 0.1) is 5.92 Å². The highest BCUT2D eigenvalue weighted by Crippen LogP contribution is 2.31. The summed E-state index contributed by atoms with van der Waals surface area (Å²) in [6.45, 7) is 0.493. The van der Waals surface area contributed by atoms with Gasteiger partial charge in [-0.3, -0.25) is 4.79 Å². The van der Waals surface area contributed by atoms with Crippen molar-refractivity contribution >= 4 is 11.9 Å². The van der Waals surface area contributed by atoms with E-state index in [9.17, 15) is 4.79 Å². The van der Waals surface area contributed by atoms with Crippen LogP contribution in [0.1, 0.15) is 24.0 Å². The zero-order valence-corrected chi connectivity index (χ0v) is 13.2. The lowest BCUT2D eigenvalue weighted by atomic mass is 10.1. The molecule has 23 heavy (non-hydrogen) atoms. The minimum Gasteiger partial charge on any atom is -0.493 e. The molecule has 0 saturated heterocycles. The number of hydrogen-bond donors (Lipinski definition) is 0. The van der Waals surface area contributed by atoms with Crippen molar-refractivity contribution in [3.63, 3.8) is 0 Å². The van der Waals surface area contributed by atoms with Crippen molar-refractivity contribution in [1.82, 2.24) is 0 Å². The third kappa shape index (κ3) is 4.22. The highest BCUT2D eigenvalue weighted by atomic mass is 16.5. The monoisotopic (exact) mass is 308 g/mol. The first-order chi connectivity index (χ1) is 11.3. The molecule has 0 atom stereocenters. The summed E-state index contributed by atoms with van der Waals surface area (Å²) in [5.41, 5.74) is 2.04. The molecule has 1 aliphatic rings. The van der Waals surface area contributed by atoms with Gasteiger partial charge in [0.1, 0.15) is 6.61 Å². The average Bonchev–Trinajstić information content (AvgIpc) is 3.44. The minimum absolute atomic E-state index is 0.216. The van der Waals surface area contributed by atoms with Crippen LogP contribution >= 0.6 is 0 Å². The lowest BCUT2D eigenvalue weighted by molar-refractivity contribution is -0.115. The maximum atomic E-state index is 11.7. The third-order valence-corrected chi connectivity index (χ3v) is 3.84. The lowest BCUT2D eigenvalue weighted by Crippen LogP contribution is -1.98. The largest absolute Gasteiger partial charge is 0.493 e. The SMILES string of the molecule is COc1cc(/C=C/C(=O)C2CC2)ccc1OCc1ccccc1. The van der Waals surface area contributed by atoms with E-state index in [4.69, 9.17) is 9.47 Å². The Labute approximate surface area is 136 Å². The summed E-state index contributed by atoms with van der Waals surface area (Å²) >= 11 is 0. The van der Waals surface area contributed by atoms with Gasteiger partial charge in [-0.2, -0.15) is 0 Å². The van der Waals surface area contributed by atoms with Crippen LogP contribution in [0.15, 0.2) is 54.6 Å². The predicted molar refractivity (Wildman–Crippen MR) is 90.5 cm³/mol. The van der Waals surface area contributed by atoms with Crippen molar-refractivity contribution in [3.8, 4) is 11.5 Å². The number of allylic oxidation sites excluding steroid dienone is 1. The van der Waals surface area contributed by atoms with Crippen LogP contribution in [0.5, 0.6) is 11.5 Å². The summed E-state index contributed by atoms with van der Waals surface area (Å²) in [4.78, 5) is 11.7. The first kappa shape index (κ1) is 15.3. The Bertz CT molecular complexity index is 700. The summed E-state index contributed by atoms with van der Waals surface area (Å²) < 4.78 is 11.2. The molecule has 0 aromatic heterocycles. The van der Waals surface area contributed by atoms with Gasteiger partial charge in [-0.1, -0.05) is 42.5 Å². The summed E-state index contributed by atoms with van der Waals surface area (Å²) in [7, 11) is 1.62. The molecule has 3 nitrogen and oxygen atoms in total. The van der Waals surface area contributed by atoms with Gasteiger partial charge in [0, 0.05) is 5.92 Å². The number of methoxy groups -OCH3 is 1. The van der Waals surface area contributed by atoms with Gasteiger partial charge in [-0.25, -0.2) is 0 Å². The van der Waals surface area contributed by atoms with Crippen LogP contribution in [0.3, 0.4) is 0 Å². The molecule has 0 aliphatic heterocycles. The fraction of sp³-hybridized carbons (Fsp3) is 0.250. The zero-order valence-electron chi connectivity index (χ0n) is 13.2. The molecule has 1 fully saturated rings. The molecule has 0 spiro atoms. The number of benzene rings is 2. The van der Waals surface area contributed by atoms with Crippen LogP contribution in [0.25, 0.3) is 6.08 Å². The van der Waals surface area contributed by atoms with E-state index in [1.807, 2.05) is 54.6 Å². The molecule has 0 bridgehead atoms. The van der Waals surface area contributed by atoms with E-state index in [0.29, 0.717) is 18.1 Å². The number of rotatable bonds is 7. The van der Waals surface area contributed by atoms with Crippen molar-refractivity contribution in [2.24, 2.45) is 5.92 Å². The quantitative estimate of drug-likeness (QED) is 0.717. The molecule has 2 aromatic rings. The van der Waals surface area contributed by atoms with Gasteiger partial charge in [0.15, 0.2) is 17.3 Å². The Morgan fingerprint density at radius 1 is 1.13 bits per heavy atom. The molecule has 3 heteroatoms. The number of ketones is 1. The van der Waals surface area contributed by atoms with Crippen LogP contribution in [0.4, 0.5) is 0 Å². The van der Waals surface area contributed by atoms with Gasteiger partial charge >= 0.3 is 0 Å². The van der Waals surface area contributed by atoms with Crippen LogP contribution in [-0.2, 0) is 11.4 Å². The van der Waals surface area contributed by atoms with Crippen molar-refractivity contribution in [3.05, 3.63) is 65.7 Å². The van der Waals surface area contributed by atoms with Crippen molar-refractivity contribution in [1.29, 1.82) is 0 Å². The Hall–Kier alpha value is -2.55. The fourth-order valence-electron chi connectivity index (χ4n) is 2.32. The number of carbonyl (C=O) groups excluding carboxylic acids is 1. The molecule has 0 amide bonds. The highest BCUT2D eigenvalue weighted by molar-refractivity contribution is 5.96. The van der Waals surface area contributed by atoms with Gasteiger partial charge < -0.3 is 9.47 Å². The van der Waals surface area contributed by atoms with Crippen LogP contribution in [0.2, 0.25) is 0 Å². The van der Waals surface area contributed by atoms with Gasteiger partial charge in [-0.05, 0) is 42.2 Å². The lowest BCUT2D eigenvalue weighted by Gasteiger charge is -2.11. The van der Waals surface area contributed by atoms with Gasteiger partial charge in [-0.15, -0.1) is 0 Å². The maximum absolute atomic E-state index is 11.7. The zero-order chi connectivity index (χ0) is 16.1.